The van der Waals surface area contributed by atoms with E-state index in [9.17, 15) is 14.4 Å². The molecule has 0 aliphatic heterocycles. The van der Waals surface area contributed by atoms with Crippen molar-refractivity contribution in [3.05, 3.63) is 70.2 Å². The Kier molecular flexibility index (Phi) is 8.80. The van der Waals surface area contributed by atoms with Crippen LogP contribution in [0.4, 0.5) is 0 Å². The maximum Gasteiger partial charge on any atom is 0.346 e. The second-order valence-electron chi connectivity index (χ2n) is 5.95. The summed E-state index contributed by atoms with van der Waals surface area (Å²) in [6.07, 6.45) is -0.167. The molecule has 25 heavy (non-hydrogen) atoms. The minimum atomic E-state index is -4.34. The van der Waals surface area contributed by atoms with Gasteiger partial charge in [0.25, 0.3) is 0 Å². The second kappa shape index (κ2) is 10.1. The summed E-state index contributed by atoms with van der Waals surface area (Å²) < 4.78 is 11.7. The Bertz CT molecular complexity index is 715. The first-order valence-electron chi connectivity index (χ1n) is 7.88. The third-order valence-corrected chi connectivity index (χ3v) is 4.64. The van der Waals surface area contributed by atoms with E-state index in [-0.39, 0.29) is 6.10 Å². The molecule has 2 rings (SSSR count). The van der Waals surface area contributed by atoms with E-state index in [1.54, 1.807) is 38.1 Å². The van der Waals surface area contributed by atoms with Gasteiger partial charge in [-0.25, -0.2) is 0 Å². The van der Waals surface area contributed by atoms with Crippen LogP contribution >= 0.6 is 19.2 Å². The second-order valence-corrected chi connectivity index (χ2v) is 8.08. The summed E-state index contributed by atoms with van der Waals surface area (Å²) in [4.78, 5) is 19.1. The summed E-state index contributed by atoms with van der Waals surface area (Å²) in [6.45, 7) is 5.78. The highest BCUT2D eigenvalue weighted by Gasteiger charge is 2.30. The summed E-state index contributed by atoms with van der Waals surface area (Å²) >= 11 is 5.90. The van der Waals surface area contributed by atoms with Crippen molar-refractivity contribution < 1.29 is 19.5 Å². The predicted molar refractivity (Wildman–Crippen MR) is 102 cm³/mol. The smallest absolute Gasteiger partial charge is 0.346 e. The highest BCUT2D eigenvalue weighted by Crippen LogP contribution is 2.50. The molecule has 0 amide bonds. The van der Waals surface area contributed by atoms with Crippen molar-refractivity contribution in [2.24, 2.45) is 0 Å². The van der Waals surface area contributed by atoms with E-state index in [1.165, 1.54) is 0 Å². The van der Waals surface area contributed by atoms with Gasteiger partial charge >= 0.3 is 7.60 Å². The lowest BCUT2D eigenvalue weighted by Gasteiger charge is -2.21. The molecule has 5 nitrogen and oxygen atoms in total. The number of hydrogen-bond acceptors (Lipinski definition) is 3. The molecule has 0 radical (unpaired) electrons. The topological polar surface area (TPSA) is 89.8 Å². The molecular formula is C18H25ClNO4P. The van der Waals surface area contributed by atoms with Crippen LogP contribution in [0.3, 0.4) is 0 Å². The van der Waals surface area contributed by atoms with E-state index in [0.29, 0.717) is 17.1 Å². The van der Waals surface area contributed by atoms with Crippen LogP contribution in [0.15, 0.2) is 48.5 Å². The molecule has 0 fully saturated rings. The van der Waals surface area contributed by atoms with Crippen LogP contribution in [0.25, 0.3) is 0 Å². The number of aryl methyl sites for hydroxylation is 1. The van der Waals surface area contributed by atoms with Gasteiger partial charge in [-0.3, -0.25) is 9.88 Å². The van der Waals surface area contributed by atoms with Gasteiger partial charge in [0.05, 0.1) is 0 Å². The zero-order valence-electron chi connectivity index (χ0n) is 14.6. The first-order valence-corrected chi connectivity index (χ1v) is 9.94. The summed E-state index contributed by atoms with van der Waals surface area (Å²) in [5.41, 5.74) is 2.54. The van der Waals surface area contributed by atoms with Crippen LogP contribution in [-0.4, -0.2) is 21.0 Å². The van der Waals surface area contributed by atoms with Crippen LogP contribution in [0.1, 0.15) is 36.3 Å². The normalized spacial score (nSPS) is 12.5. The number of benzene rings is 2. The Morgan fingerprint density at radius 1 is 1.12 bits per heavy atom. The largest absolute Gasteiger partial charge is 0.394 e. The Labute approximate surface area is 153 Å². The fourth-order valence-electron chi connectivity index (χ4n) is 2.12. The van der Waals surface area contributed by atoms with E-state index >= 15 is 0 Å². The molecule has 2 aromatic carbocycles. The zero-order valence-corrected chi connectivity index (χ0v) is 16.2. The molecule has 1 unspecified atom stereocenters. The minimum absolute atomic E-state index is 0.167. The number of halogens is 1. The molecule has 0 saturated carbocycles. The van der Waals surface area contributed by atoms with Crippen LogP contribution in [0.5, 0.6) is 0 Å². The SMILES string of the molecule is CC(C)O.Cc1ccccc1CNC(c1cccc(Cl)c1)P(=O)(O)O. The van der Waals surface area contributed by atoms with Crippen molar-refractivity contribution >= 4 is 19.2 Å². The van der Waals surface area contributed by atoms with Gasteiger partial charge < -0.3 is 14.9 Å². The van der Waals surface area contributed by atoms with Gasteiger partial charge in [-0.2, -0.15) is 0 Å². The van der Waals surface area contributed by atoms with Crippen molar-refractivity contribution in [3.63, 3.8) is 0 Å². The quantitative estimate of drug-likeness (QED) is 0.584. The third kappa shape index (κ3) is 8.15. The Morgan fingerprint density at radius 3 is 2.24 bits per heavy atom. The van der Waals surface area contributed by atoms with E-state index in [4.69, 9.17) is 16.7 Å². The average molecular weight is 386 g/mol. The van der Waals surface area contributed by atoms with Gasteiger partial charge in [0, 0.05) is 17.7 Å². The Morgan fingerprint density at radius 2 is 1.72 bits per heavy atom. The van der Waals surface area contributed by atoms with Gasteiger partial charge in [-0.1, -0.05) is 48.0 Å². The summed E-state index contributed by atoms with van der Waals surface area (Å²) in [7, 11) is -4.34. The fourth-order valence-corrected chi connectivity index (χ4v) is 3.20. The molecule has 0 bridgehead atoms. The molecule has 1 atom stereocenters. The number of nitrogens with one attached hydrogen (secondary N) is 1. The standard InChI is InChI=1S/C15H17ClNO3P.C3H8O/c1-11-5-2-3-6-13(11)10-17-15(21(18,19)20)12-7-4-8-14(16)9-12;1-3(2)4/h2-9,15,17H,10H2,1H3,(H2,18,19,20);3-4H,1-2H3. The van der Waals surface area contributed by atoms with Gasteiger partial charge in [-0.15, -0.1) is 0 Å². The van der Waals surface area contributed by atoms with E-state index in [0.717, 1.165) is 11.1 Å². The maximum atomic E-state index is 11.7. The molecule has 0 spiro atoms. The molecule has 0 aromatic heterocycles. The zero-order chi connectivity index (χ0) is 19.0. The lowest BCUT2D eigenvalue weighted by Crippen LogP contribution is -2.21. The van der Waals surface area contributed by atoms with Crippen LogP contribution in [0, 0.1) is 6.92 Å². The number of rotatable bonds is 5. The Balaban J connectivity index is 0.000000705. The van der Waals surface area contributed by atoms with Gasteiger partial charge in [0.2, 0.25) is 0 Å². The highest BCUT2D eigenvalue weighted by atomic mass is 35.5. The van der Waals surface area contributed by atoms with Gasteiger partial charge in [-0.05, 0) is 49.6 Å². The summed E-state index contributed by atoms with van der Waals surface area (Å²) in [5.74, 6) is -1.07. The number of hydrogen-bond donors (Lipinski definition) is 4. The van der Waals surface area contributed by atoms with Crippen molar-refractivity contribution in [2.45, 2.75) is 39.2 Å². The molecule has 7 heteroatoms. The molecular weight excluding hydrogens is 361 g/mol. The first kappa shape index (κ1) is 21.8. The average Bonchev–Trinajstić information content (AvgIpc) is 2.47. The van der Waals surface area contributed by atoms with E-state index < -0.39 is 13.4 Å². The highest BCUT2D eigenvalue weighted by molar-refractivity contribution is 7.52. The van der Waals surface area contributed by atoms with Crippen molar-refractivity contribution in [1.82, 2.24) is 5.32 Å². The molecule has 2 aromatic rings. The lowest BCUT2D eigenvalue weighted by atomic mass is 10.1. The van der Waals surface area contributed by atoms with Crippen molar-refractivity contribution in [2.75, 3.05) is 0 Å². The van der Waals surface area contributed by atoms with Gasteiger partial charge in [0.15, 0.2) is 0 Å². The van der Waals surface area contributed by atoms with Crippen LogP contribution in [-0.2, 0) is 11.1 Å². The number of aliphatic hydroxyl groups is 1. The van der Waals surface area contributed by atoms with Crippen LogP contribution in [0.2, 0.25) is 5.02 Å². The monoisotopic (exact) mass is 385 g/mol. The van der Waals surface area contributed by atoms with E-state index in [2.05, 4.69) is 5.32 Å². The Hall–Kier alpha value is -1.20. The lowest BCUT2D eigenvalue weighted by molar-refractivity contribution is 0.216. The predicted octanol–water partition coefficient (Wildman–Crippen LogP) is 4.00. The molecule has 4 N–H and O–H groups in total. The van der Waals surface area contributed by atoms with Gasteiger partial charge in [0.1, 0.15) is 5.78 Å². The minimum Gasteiger partial charge on any atom is -0.394 e. The van der Waals surface area contributed by atoms with Crippen LogP contribution < -0.4 is 5.32 Å². The summed E-state index contributed by atoms with van der Waals surface area (Å²) in [5, 5.41) is 11.4. The van der Waals surface area contributed by atoms with Crippen molar-refractivity contribution in [3.8, 4) is 0 Å². The number of aliphatic hydroxyl groups excluding tert-OH is 1. The van der Waals surface area contributed by atoms with Crippen molar-refractivity contribution in [1.29, 1.82) is 0 Å². The maximum absolute atomic E-state index is 11.7. The summed E-state index contributed by atoms with van der Waals surface area (Å²) in [6, 6.07) is 14.3. The third-order valence-electron chi connectivity index (χ3n) is 3.25. The fraction of sp³-hybridized carbons (Fsp3) is 0.333. The molecule has 138 valence electrons. The molecule has 0 heterocycles. The van der Waals surface area contributed by atoms with E-state index in [1.807, 2.05) is 31.2 Å². The first-order chi connectivity index (χ1) is 11.6. The molecule has 0 aliphatic carbocycles. The molecule has 0 aliphatic rings. The molecule has 0 saturated heterocycles.